The largest absolute Gasteiger partial charge is 0.496 e. The second-order valence-electron chi connectivity index (χ2n) is 3.61. The number of hydrogen-bond acceptors (Lipinski definition) is 5. The monoisotopic (exact) mass is 242 g/mol. The average Bonchev–Trinajstić information content (AvgIpc) is 3.11. The van der Waals surface area contributed by atoms with E-state index in [1.807, 2.05) is 18.2 Å². The van der Waals surface area contributed by atoms with Gasteiger partial charge in [-0.25, -0.2) is 9.97 Å². The number of methoxy groups -OCH3 is 1. The molecule has 0 amide bonds. The number of ether oxygens (including phenoxy) is 1. The van der Waals surface area contributed by atoms with E-state index in [9.17, 15) is 0 Å². The molecule has 2 heterocycles. The highest BCUT2D eigenvalue weighted by molar-refractivity contribution is 5.71. The molecule has 6 nitrogen and oxygen atoms in total. The van der Waals surface area contributed by atoms with Gasteiger partial charge in [-0.05, 0) is 12.1 Å². The van der Waals surface area contributed by atoms with Gasteiger partial charge in [-0.15, -0.1) is 0 Å². The maximum atomic E-state index is 5.36. The summed E-state index contributed by atoms with van der Waals surface area (Å²) in [6.07, 6.45) is 4.50. The van der Waals surface area contributed by atoms with E-state index in [4.69, 9.17) is 9.15 Å². The van der Waals surface area contributed by atoms with Crippen molar-refractivity contribution in [2.75, 3.05) is 7.11 Å². The first-order chi connectivity index (χ1) is 8.88. The molecule has 0 fully saturated rings. The normalized spacial score (nSPS) is 10.5. The first-order valence-corrected chi connectivity index (χ1v) is 5.31. The number of benzene rings is 1. The van der Waals surface area contributed by atoms with Gasteiger partial charge in [0.1, 0.15) is 12.1 Å². The quantitative estimate of drug-likeness (QED) is 0.761. The Morgan fingerprint density at radius 1 is 1.33 bits per heavy atom. The molecule has 0 saturated carbocycles. The van der Waals surface area contributed by atoms with Gasteiger partial charge in [0.15, 0.2) is 18.0 Å². The second kappa shape index (κ2) is 4.33. The van der Waals surface area contributed by atoms with Gasteiger partial charge < -0.3 is 9.15 Å². The lowest BCUT2D eigenvalue weighted by Gasteiger charge is -2.07. The van der Waals surface area contributed by atoms with Crippen molar-refractivity contribution in [1.82, 2.24) is 20.2 Å². The van der Waals surface area contributed by atoms with Crippen molar-refractivity contribution in [3.8, 4) is 28.5 Å². The van der Waals surface area contributed by atoms with Gasteiger partial charge >= 0.3 is 0 Å². The zero-order chi connectivity index (χ0) is 12.4. The molecule has 18 heavy (non-hydrogen) atoms. The Morgan fingerprint density at radius 3 is 2.94 bits per heavy atom. The molecule has 6 heteroatoms. The third-order valence-electron chi connectivity index (χ3n) is 2.59. The van der Waals surface area contributed by atoms with Crippen LogP contribution in [0.3, 0.4) is 0 Å². The van der Waals surface area contributed by atoms with Crippen molar-refractivity contribution < 1.29 is 9.15 Å². The first kappa shape index (κ1) is 10.5. The van der Waals surface area contributed by atoms with Crippen LogP contribution < -0.4 is 4.74 Å². The highest BCUT2D eigenvalue weighted by Gasteiger charge is 2.11. The third-order valence-corrected chi connectivity index (χ3v) is 2.59. The molecular weight excluding hydrogens is 232 g/mol. The van der Waals surface area contributed by atoms with Gasteiger partial charge in [-0.1, -0.05) is 6.07 Å². The van der Waals surface area contributed by atoms with Crippen LogP contribution >= 0.6 is 0 Å². The number of oxazole rings is 1. The van der Waals surface area contributed by atoms with Crippen LogP contribution in [0.4, 0.5) is 0 Å². The van der Waals surface area contributed by atoms with Gasteiger partial charge in [0.05, 0.1) is 18.9 Å². The van der Waals surface area contributed by atoms with Crippen molar-refractivity contribution in [3.05, 3.63) is 37.1 Å². The van der Waals surface area contributed by atoms with Crippen molar-refractivity contribution in [2.24, 2.45) is 0 Å². The maximum absolute atomic E-state index is 5.36. The summed E-state index contributed by atoms with van der Waals surface area (Å²) >= 11 is 0. The molecule has 0 unspecified atom stereocenters. The molecule has 0 aliphatic heterocycles. The van der Waals surface area contributed by atoms with Crippen molar-refractivity contribution in [3.63, 3.8) is 0 Å². The summed E-state index contributed by atoms with van der Waals surface area (Å²) in [6.45, 7) is 0. The van der Waals surface area contributed by atoms with Crippen LogP contribution in [0.5, 0.6) is 5.75 Å². The fourth-order valence-electron chi connectivity index (χ4n) is 1.74. The SMILES string of the molecule is COc1cc(-c2ncn[nH]2)ccc1-c1cnco1. The summed E-state index contributed by atoms with van der Waals surface area (Å²) in [5.41, 5.74) is 1.74. The lowest BCUT2D eigenvalue weighted by Crippen LogP contribution is -1.89. The van der Waals surface area contributed by atoms with Crippen molar-refractivity contribution in [2.45, 2.75) is 0 Å². The van der Waals surface area contributed by atoms with E-state index >= 15 is 0 Å². The summed E-state index contributed by atoms with van der Waals surface area (Å²) in [5, 5.41) is 6.63. The van der Waals surface area contributed by atoms with Crippen molar-refractivity contribution >= 4 is 0 Å². The number of nitrogens with one attached hydrogen (secondary N) is 1. The van der Waals surface area contributed by atoms with Crippen LogP contribution in [0.15, 0.2) is 41.5 Å². The number of H-pyrrole nitrogens is 1. The molecule has 0 spiro atoms. The van der Waals surface area contributed by atoms with Gasteiger partial charge in [0.25, 0.3) is 0 Å². The van der Waals surface area contributed by atoms with E-state index in [1.165, 1.54) is 12.7 Å². The molecular formula is C12H10N4O2. The molecule has 3 aromatic rings. The molecule has 90 valence electrons. The summed E-state index contributed by atoms with van der Waals surface area (Å²) in [5.74, 6) is 2.05. The predicted molar refractivity (Wildman–Crippen MR) is 63.9 cm³/mol. The highest BCUT2D eigenvalue weighted by Crippen LogP contribution is 2.32. The van der Waals surface area contributed by atoms with Crippen molar-refractivity contribution in [1.29, 1.82) is 0 Å². The number of rotatable bonds is 3. The lowest BCUT2D eigenvalue weighted by molar-refractivity contribution is 0.415. The molecule has 0 saturated heterocycles. The van der Waals surface area contributed by atoms with Crippen LogP contribution in [0.2, 0.25) is 0 Å². The molecule has 1 N–H and O–H groups in total. The van der Waals surface area contributed by atoms with Gasteiger partial charge in [-0.3, -0.25) is 5.10 Å². The molecule has 0 aliphatic rings. The number of hydrogen-bond donors (Lipinski definition) is 1. The fraction of sp³-hybridized carbons (Fsp3) is 0.0833. The highest BCUT2D eigenvalue weighted by atomic mass is 16.5. The fourth-order valence-corrected chi connectivity index (χ4v) is 1.74. The number of aromatic amines is 1. The Bertz CT molecular complexity index is 632. The van der Waals surface area contributed by atoms with Crippen LogP contribution in [-0.2, 0) is 0 Å². The smallest absolute Gasteiger partial charge is 0.181 e. The van der Waals surface area contributed by atoms with E-state index in [0.29, 0.717) is 17.3 Å². The topological polar surface area (TPSA) is 76.8 Å². The van der Waals surface area contributed by atoms with Crippen LogP contribution in [0.1, 0.15) is 0 Å². The Kier molecular flexibility index (Phi) is 2.53. The second-order valence-corrected chi connectivity index (χ2v) is 3.61. The average molecular weight is 242 g/mol. The summed E-state index contributed by atoms with van der Waals surface area (Å²) in [6, 6.07) is 5.69. The molecule has 3 rings (SSSR count). The van der Waals surface area contributed by atoms with E-state index in [2.05, 4.69) is 20.2 Å². The molecule has 0 radical (unpaired) electrons. The van der Waals surface area contributed by atoms with Gasteiger partial charge in [0, 0.05) is 5.56 Å². The zero-order valence-corrected chi connectivity index (χ0v) is 9.62. The lowest BCUT2D eigenvalue weighted by atomic mass is 10.1. The van der Waals surface area contributed by atoms with Crippen LogP contribution in [-0.4, -0.2) is 27.3 Å². The summed E-state index contributed by atoms with van der Waals surface area (Å²) < 4.78 is 10.6. The van der Waals surface area contributed by atoms with E-state index in [-0.39, 0.29) is 0 Å². The Balaban J connectivity index is 2.08. The third kappa shape index (κ3) is 1.73. The summed E-state index contributed by atoms with van der Waals surface area (Å²) in [4.78, 5) is 7.99. The van der Waals surface area contributed by atoms with Crippen LogP contribution in [0.25, 0.3) is 22.7 Å². The maximum Gasteiger partial charge on any atom is 0.181 e. The predicted octanol–water partition coefficient (Wildman–Crippen LogP) is 2.14. The Labute approximate surface area is 103 Å². The molecule has 1 aromatic carbocycles. The first-order valence-electron chi connectivity index (χ1n) is 5.31. The standard InChI is InChI=1S/C12H10N4O2/c1-17-10-4-8(12-14-6-15-16-12)2-3-9(10)11-5-13-7-18-11/h2-7H,1H3,(H,14,15,16). The number of aromatic nitrogens is 4. The van der Waals surface area contributed by atoms with E-state index in [1.54, 1.807) is 13.3 Å². The minimum absolute atomic E-state index is 0.663. The molecule has 0 aliphatic carbocycles. The molecule has 2 aromatic heterocycles. The van der Waals surface area contributed by atoms with Gasteiger partial charge in [-0.2, -0.15) is 5.10 Å². The zero-order valence-electron chi connectivity index (χ0n) is 9.62. The van der Waals surface area contributed by atoms with E-state index in [0.717, 1.165) is 11.1 Å². The van der Waals surface area contributed by atoms with Gasteiger partial charge in [0.2, 0.25) is 0 Å². The summed E-state index contributed by atoms with van der Waals surface area (Å²) in [7, 11) is 1.61. The van der Waals surface area contributed by atoms with E-state index < -0.39 is 0 Å². The minimum atomic E-state index is 0.663. The Morgan fingerprint density at radius 2 is 2.28 bits per heavy atom. The number of nitrogens with zero attached hydrogens (tertiary/aromatic N) is 3. The van der Waals surface area contributed by atoms with Crippen LogP contribution in [0, 0.1) is 0 Å². The molecule has 0 bridgehead atoms. The molecule has 0 atom stereocenters. The minimum Gasteiger partial charge on any atom is -0.496 e. The Hall–Kier alpha value is -2.63.